The quantitative estimate of drug-likeness (QED) is 0.886. The third-order valence-corrected chi connectivity index (χ3v) is 4.82. The van der Waals surface area contributed by atoms with Crippen molar-refractivity contribution in [1.29, 1.82) is 0 Å². The topological polar surface area (TPSA) is 79.4 Å². The summed E-state index contributed by atoms with van der Waals surface area (Å²) >= 11 is 1.39. The Kier molecular flexibility index (Phi) is 5.14. The number of anilines is 3. The van der Waals surface area contributed by atoms with Crippen molar-refractivity contribution in [2.24, 2.45) is 5.92 Å². The molecule has 2 amide bonds. The second-order valence-corrected chi connectivity index (χ2v) is 6.82. The van der Waals surface area contributed by atoms with Crippen LogP contribution >= 0.6 is 11.3 Å². The molecule has 3 rings (SSSR count). The highest BCUT2D eigenvalue weighted by atomic mass is 32.1. The molecular formula is C16H21N5O2S. The van der Waals surface area contributed by atoms with Crippen LogP contribution in [0.5, 0.6) is 5.75 Å². The number of piperidine rings is 1. The third-order valence-electron chi connectivity index (χ3n) is 3.92. The highest BCUT2D eigenvalue weighted by Gasteiger charge is 2.20. The number of carbonyl (C=O) groups is 1. The van der Waals surface area contributed by atoms with E-state index >= 15 is 0 Å². The lowest BCUT2D eigenvalue weighted by Crippen LogP contribution is -2.34. The number of amides is 2. The monoisotopic (exact) mass is 347 g/mol. The zero-order valence-electron chi connectivity index (χ0n) is 13.8. The molecule has 1 aliphatic heterocycles. The lowest BCUT2D eigenvalue weighted by Gasteiger charge is -2.29. The fourth-order valence-electron chi connectivity index (χ4n) is 2.76. The minimum Gasteiger partial charge on any atom is -0.495 e. The van der Waals surface area contributed by atoms with Crippen LogP contribution in [0.3, 0.4) is 0 Å². The van der Waals surface area contributed by atoms with Crippen LogP contribution in [0.15, 0.2) is 24.3 Å². The number of para-hydroxylation sites is 2. The molecule has 128 valence electrons. The second kappa shape index (κ2) is 7.48. The van der Waals surface area contributed by atoms with Crippen molar-refractivity contribution in [3.63, 3.8) is 0 Å². The number of ether oxygens (including phenoxy) is 1. The lowest BCUT2D eigenvalue weighted by atomic mass is 10.0. The van der Waals surface area contributed by atoms with Gasteiger partial charge in [0.05, 0.1) is 12.8 Å². The van der Waals surface area contributed by atoms with Crippen LogP contribution in [0.25, 0.3) is 0 Å². The molecule has 1 aromatic carbocycles. The minimum atomic E-state index is -0.366. The fraction of sp³-hybridized carbons (Fsp3) is 0.438. The molecule has 2 aromatic rings. The summed E-state index contributed by atoms with van der Waals surface area (Å²) in [5.74, 6) is 1.26. The van der Waals surface area contributed by atoms with Gasteiger partial charge in [-0.2, -0.15) is 0 Å². The van der Waals surface area contributed by atoms with Crippen LogP contribution in [0.4, 0.5) is 20.7 Å². The molecule has 0 bridgehead atoms. The van der Waals surface area contributed by atoms with E-state index in [1.54, 1.807) is 19.2 Å². The highest BCUT2D eigenvalue weighted by molar-refractivity contribution is 7.19. The largest absolute Gasteiger partial charge is 0.495 e. The van der Waals surface area contributed by atoms with Crippen molar-refractivity contribution in [2.75, 3.05) is 35.7 Å². The fourth-order valence-corrected chi connectivity index (χ4v) is 3.53. The Morgan fingerprint density at radius 2 is 2.17 bits per heavy atom. The van der Waals surface area contributed by atoms with E-state index in [0.29, 0.717) is 22.5 Å². The normalized spacial score (nSPS) is 17.4. The zero-order valence-corrected chi connectivity index (χ0v) is 14.6. The Balaban J connectivity index is 1.61. The van der Waals surface area contributed by atoms with Gasteiger partial charge in [-0.3, -0.25) is 5.32 Å². The molecule has 0 saturated carbocycles. The summed E-state index contributed by atoms with van der Waals surface area (Å²) in [7, 11) is 1.56. The maximum absolute atomic E-state index is 12.1. The molecule has 0 aliphatic carbocycles. The van der Waals surface area contributed by atoms with Gasteiger partial charge in [0, 0.05) is 13.1 Å². The molecule has 8 heteroatoms. The Morgan fingerprint density at radius 3 is 2.96 bits per heavy atom. The smallest absolute Gasteiger partial charge is 0.325 e. The first kappa shape index (κ1) is 16.5. The lowest BCUT2D eigenvalue weighted by molar-refractivity contribution is 0.262. The van der Waals surface area contributed by atoms with Gasteiger partial charge in [0.15, 0.2) is 0 Å². The molecule has 0 radical (unpaired) electrons. The summed E-state index contributed by atoms with van der Waals surface area (Å²) in [5.41, 5.74) is 0.604. The van der Waals surface area contributed by atoms with Crippen molar-refractivity contribution >= 4 is 33.3 Å². The third kappa shape index (κ3) is 3.94. The average Bonchev–Trinajstić information content (AvgIpc) is 3.03. The van der Waals surface area contributed by atoms with E-state index in [-0.39, 0.29) is 6.03 Å². The van der Waals surface area contributed by atoms with E-state index in [0.717, 1.165) is 24.6 Å². The van der Waals surface area contributed by atoms with Gasteiger partial charge in [-0.1, -0.05) is 30.4 Å². The summed E-state index contributed by atoms with van der Waals surface area (Å²) in [6.45, 7) is 4.22. The Labute approximate surface area is 145 Å². The van der Waals surface area contributed by atoms with E-state index in [1.807, 2.05) is 12.1 Å². The number of nitrogens with one attached hydrogen (secondary N) is 2. The summed E-state index contributed by atoms with van der Waals surface area (Å²) in [4.78, 5) is 14.4. The predicted molar refractivity (Wildman–Crippen MR) is 96.2 cm³/mol. The molecule has 0 spiro atoms. The number of aromatic nitrogens is 2. The van der Waals surface area contributed by atoms with Crippen molar-refractivity contribution in [1.82, 2.24) is 10.2 Å². The van der Waals surface area contributed by atoms with Gasteiger partial charge < -0.3 is 15.0 Å². The van der Waals surface area contributed by atoms with Gasteiger partial charge >= 0.3 is 6.03 Å². The molecule has 1 fully saturated rings. The van der Waals surface area contributed by atoms with Gasteiger partial charge in [-0.05, 0) is 30.9 Å². The molecule has 2 heterocycles. The Morgan fingerprint density at radius 1 is 1.33 bits per heavy atom. The number of nitrogens with zero attached hydrogens (tertiary/aromatic N) is 3. The standard InChI is InChI=1S/C16H21N5O2S/c1-11-6-5-9-21(10-11)16-20-19-15(24-16)18-14(22)17-12-7-3-4-8-13(12)23-2/h3-4,7-8,11H,5-6,9-10H2,1-2H3,(H2,17,18,19,22)/t11-/m0/s1. The molecule has 2 N–H and O–H groups in total. The van der Waals surface area contributed by atoms with Crippen LogP contribution in [0.1, 0.15) is 19.8 Å². The van der Waals surface area contributed by atoms with Gasteiger partial charge in [0.25, 0.3) is 0 Å². The molecule has 24 heavy (non-hydrogen) atoms. The zero-order chi connectivity index (χ0) is 16.9. The van der Waals surface area contributed by atoms with E-state index in [9.17, 15) is 4.79 Å². The second-order valence-electron chi connectivity index (χ2n) is 5.86. The molecular weight excluding hydrogens is 326 g/mol. The first-order valence-corrected chi connectivity index (χ1v) is 8.77. The number of methoxy groups -OCH3 is 1. The maximum Gasteiger partial charge on any atom is 0.325 e. The first-order valence-electron chi connectivity index (χ1n) is 7.95. The summed E-state index contributed by atoms with van der Waals surface area (Å²) in [5, 5.41) is 15.1. The van der Waals surface area contributed by atoms with Gasteiger partial charge in [-0.25, -0.2) is 4.79 Å². The molecule has 0 unspecified atom stereocenters. The SMILES string of the molecule is COc1ccccc1NC(=O)Nc1nnc(N2CCC[C@H](C)C2)s1. The number of hydrogen-bond acceptors (Lipinski definition) is 6. The molecule has 1 aromatic heterocycles. The number of rotatable bonds is 4. The Bertz CT molecular complexity index is 705. The predicted octanol–water partition coefficient (Wildman–Crippen LogP) is 3.43. The van der Waals surface area contributed by atoms with Crippen molar-refractivity contribution in [3.8, 4) is 5.75 Å². The van der Waals surface area contributed by atoms with E-state index in [1.165, 1.54) is 17.8 Å². The number of benzene rings is 1. The van der Waals surface area contributed by atoms with E-state index < -0.39 is 0 Å². The van der Waals surface area contributed by atoms with Crippen LogP contribution in [0.2, 0.25) is 0 Å². The minimum absolute atomic E-state index is 0.366. The van der Waals surface area contributed by atoms with Crippen LogP contribution in [-0.4, -0.2) is 36.4 Å². The number of carbonyl (C=O) groups excluding carboxylic acids is 1. The average molecular weight is 347 g/mol. The molecule has 7 nitrogen and oxygen atoms in total. The highest BCUT2D eigenvalue weighted by Crippen LogP contribution is 2.28. The van der Waals surface area contributed by atoms with Crippen LogP contribution < -0.4 is 20.3 Å². The Hall–Kier alpha value is -2.35. The van der Waals surface area contributed by atoms with Crippen LogP contribution in [0, 0.1) is 5.92 Å². The summed E-state index contributed by atoms with van der Waals surface area (Å²) in [6.07, 6.45) is 2.42. The molecule has 1 saturated heterocycles. The van der Waals surface area contributed by atoms with Gasteiger partial charge in [0.2, 0.25) is 10.3 Å². The van der Waals surface area contributed by atoms with Gasteiger partial charge in [0.1, 0.15) is 5.75 Å². The van der Waals surface area contributed by atoms with E-state index in [2.05, 4.69) is 32.7 Å². The number of urea groups is 1. The van der Waals surface area contributed by atoms with Crippen LogP contribution in [-0.2, 0) is 0 Å². The first-order chi connectivity index (χ1) is 11.7. The van der Waals surface area contributed by atoms with Crippen molar-refractivity contribution in [2.45, 2.75) is 19.8 Å². The van der Waals surface area contributed by atoms with Crippen molar-refractivity contribution in [3.05, 3.63) is 24.3 Å². The molecule has 1 atom stereocenters. The van der Waals surface area contributed by atoms with Crippen molar-refractivity contribution < 1.29 is 9.53 Å². The van der Waals surface area contributed by atoms with E-state index in [4.69, 9.17) is 4.74 Å². The molecule has 1 aliphatic rings. The van der Waals surface area contributed by atoms with Gasteiger partial charge in [-0.15, -0.1) is 10.2 Å². The summed E-state index contributed by atoms with van der Waals surface area (Å²) in [6, 6.07) is 6.88. The summed E-state index contributed by atoms with van der Waals surface area (Å²) < 4.78 is 5.22. The number of hydrogen-bond donors (Lipinski definition) is 2. The maximum atomic E-state index is 12.1.